The van der Waals surface area contributed by atoms with Crippen molar-refractivity contribution in [3.05, 3.63) is 40.0 Å². The summed E-state index contributed by atoms with van der Waals surface area (Å²) in [5.74, 6) is -0.460. The maximum Gasteiger partial charge on any atom is 0.356 e. The zero-order chi connectivity index (χ0) is 14.8. The lowest BCUT2D eigenvalue weighted by atomic mass is 10.0. The lowest BCUT2D eigenvalue weighted by Gasteiger charge is -2.24. The Bertz CT molecular complexity index is 683. The summed E-state index contributed by atoms with van der Waals surface area (Å²) in [6, 6.07) is 7.44. The maximum atomic E-state index is 11.8. The fourth-order valence-electron chi connectivity index (χ4n) is 2.37. The number of carbonyl (C=O) groups is 1. The van der Waals surface area contributed by atoms with Crippen molar-refractivity contribution in [2.24, 2.45) is 0 Å². The van der Waals surface area contributed by atoms with Crippen LogP contribution in [-0.4, -0.2) is 37.9 Å². The fraction of sp³-hybridized carbons (Fsp3) is 0.333. The molecule has 1 aliphatic rings. The van der Waals surface area contributed by atoms with E-state index in [0.717, 1.165) is 20.9 Å². The number of pyridine rings is 1. The van der Waals surface area contributed by atoms with Gasteiger partial charge in [0.05, 0.1) is 32.4 Å². The molecule has 6 heteroatoms. The van der Waals surface area contributed by atoms with Gasteiger partial charge in [-0.05, 0) is 29.8 Å². The SMILES string of the molecule is COC(=O)c1cc(C2COCCO2)c2cc(Br)ccc2n1. The van der Waals surface area contributed by atoms with Crippen LogP contribution in [-0.2, 0) is 14.2 Å². The summed E-state index contributed by atoms with van der Waals surface area (Å²) in [6.45, 7) is 1.59. The molecule has 0 N–H and O–H groups in total. The minimum Gasteiger partial charge on any atom is -0.464 e. The van der Waals surface area contributed by atoms with E-state index in [1.54, 1.807) is 6.07 Å². The first-order chi connectivity index (χ1) is 10.2. The van der Waals surface area contributed by atoms with Crippen molar-refractivity contribution in [2.75, 3.05) is 26.9 Å². The van der Waals surface area contributed by atoms with Crippen molar-refractivity contribution in [2.45, 2.75) is 6.10 Å². The number of methoxy groups -OCH3 is 1. The van der Waals surface area contributed by atoms with Crippen LogP contribution in [0.15, 0.2) is 28.7 Å². The van der Waals surface area contributed by atoms with Gasteiger partial charge in [0.15, 0.2) is 0 Å². The first-order valence-corrected chi connectivity index (χ1v) is 7.36. The average Bonchev–Trinajstić information content (AvgIpc) is 2.54. The number of esters is 1. The standard InChI is InChI=1S/C15H14BrNO4/c1-19-15(18)13-7-11(14-8-20-4-5-21-14)10-6-9(16)2-3-12(10)17-13/h2-3,6-7,14H,4-5,8H2,1H3. The van der Waals surface area contributed by atoms with E-state index in [-0.39, 0.29) is 11.8 Å². The Kier molecular flexibility index (Phi) is 4.19. The fourth-order valence-corrected chi connectivity index (χ4v) is 2.73. The van der Waals surface area contributed by atoms with Crippen molar-refractivity contribution in [1.82, 2.24) is 4.98 Å². The molecule has 0 amide bonds. The van der Waals surface area contributed by atoms with Crippen LogP contribution in [0.3, 0.4) is 0 Å². The summed E-state index contributed by atoms with van der Waals surface area (Å²) >= 11 is 3.46. The Morgan fingerprint density at radius 3 is 2.95 bits per heavy atom. The highest BCUT2D eigenvalue weighted by molar-refractivity contribution is 9.10. The topological polar surface area (TPSA) is 57.7 Å². The number of nitrogens with zero attached hydrogens (tertiary/aromatic N) is 1. The second-order valence-corrected chi connectivity index (χ2v) is 5.60. The van der Waals surface area contributed by atoms with E-state index in [0.29, 0.717) is 19.8 Å². The van der Waals surface area contributed by atoms with E-state index in [4.69, 9.17) is 14.2 Å². The van der Waals surface area contributed by atoms with E-state index in [1.807, 2.05) is 18.2 Å². The first-order valence-electron chi connectivity index (χ1n) is 6.57. The summed E-state index contributed by atoms with van der Waals surface area (Å²) in [5.41, 5.74) is 1.89. The Balaban J connectivity index is 2.17. The highest BCUT2D eigenvalue weighted by Crippen LogP contribution is 2.30. The molecular weight excluding hydrogens is 338 g/mol. The molecule has 1 atom stereocenters. The predicted molar refractivity (Wildman–Crippen MR) is 80.3 cm³/mol. The van der Waals surface area contributed by atoms with Gasteiger partial charge in [-0.2, -0.15) is 0 Å². The molecule has 0 saturated carbocycles. The molecule has 1 unspecified atom stereocenters. The van der Waals surface area contributed by atoms with Gasteiger partial charge in [0.1, 0.15) is 11.8 Å². The molecule has 21 heavy (non-hydrogen) atoms. The van der Waals surface area contributed by atoms with E-state index in [9.17, 15) is 4.79 Å². The van der Waals surface area contributed by atoms with Crippen LogP contribution in [0.25, 0.3) is 10.9 Å². The molecule has 1 fully saturated rings. The van der Waals surface area contributed by atoms with Crippen LogP contribution >= 0.6 is 15.9 Å². The molecule has 0 aliphatic carbocycles. The molecular formula is C15H14BrNO4. The van der Waals surface area contributed by atoms with Crippen LogP contribution in [0.4, 0.5) is 0 Å². The number of hydrogen-bond acceptors (Lipinski definition) is 5. The highest BCUT2D eigenvalue weighted by Gasteiger charge is 2.22. The van der Waals surface area contributed by atoms with Crippen molar-refractivity contribution < 1.29 is 19.0 Å². The van der Waals surface area contributed by atoms with Crippen molar-refractivity contribution in [3.8, 4) is 0 Å². The number of ether oxygens (including phenoxy) is 3. The van der Waals surface area contributed by atoms with Crippen molar-refractivity contribution in [3.63, 3.8) is 0 Å². The molecule has 0 radical (unpaired) electrons. The lowest BCUT2D eigenvalue weighted by molar-refractivity contribution is -0.0896. The molecule has 2 aromatic rings. The third-order valence-corrected chi connectivity index (χ3v) is 3.85. The number of aromatic nitrogens is 1. The number of benzene rings is 1. The summed E-state index contributed by atoms with van der Waals surface area (Å²) in [7, 11) is 1.34. The first kappa shape index (κ1) is 14.4. The van der Waals surface area contributed by atoms with Gasteiger partial charge in [-0.1, -0.05) is 15.9 Å². The van der Waals surface area contributed by atoms with Crippen molar-refractivity contribution in [1.29, 1.82) is 0 Å². The molecule has 1 saturated heterocycles. The minimum atomic E-state index is -0.460. The van der Waals surface area contributed by atoms with Crippen LogP contribution in [0, 0.1) is 0 Å². The van der Waals surface area contributed by atoms with Gasteiger partial charge in [0, 0.05) is 9.86 Å². The molecule has 5 nitrogen and oxygen atoms in total. The molecule has 110 valence electrons. The number of hydrogen-bond donors (Lipinski definition) is 0. The average molecular weight is 352 g/mol. The second-order valence-electron chi connectivity index (χ2n) is 4.68. The zero-order valence-electron chi connectivity index (χ0n) is 11.5. The van der Waals surface area contributed by atoms with E-state index < -0.39 is 5.97 Å². The Labute approximate surface area is 130 Å². The smallest absolute Gasteiger partial charge is 0.356 e. The summed E-state index contributed by atoms with van der Waals surface area (Å²) in [4.78, 5) is 16.1. The van der Waals surface area contributed by atoms with E-state index in [1.165, 1.54) is 7.11 Å². The zero-order valence-corrected chi connectivity index (χ0v) is 13.1. The molecule has 0 spiro atoms. The Hall–Kier alpha value is -1.50. The molecule has 2 heterocycles. The van der Waals surface area contributed by atoms with Gasteiger partial charge in [-0.25, -0.2) is 9.78 Å². The van der Waals surface area contributed by atoms with Gasteiger partial charge >= 0.3 is 5.97 Å². The Morgan fingerprint density at radius 1 is 1.38 bits per heavy atom. The van der Waals surface area contributed by atoms with Crippen LogP contribution < -0.4 is 0 Å². The third-order valence-electron chi connectivity index (χ3n) is 3.36. The summed E-state index contributed by atoms with van der Waals surface area (Å²) < 4.78 is 16.9. The summed E-state index contributed by atoms with van der Waals surface area (Å²) in [6.07, 6.45) is -0.207. The Morgan fingerprint density at radius 2 is 2.24 bits per heavy atom. The summed E-state index contributed by atoms with van der Waals surface area (Å²) in [5, 5.41) is 0.938. The largest absolute Gasteiger partial charge is 0.464 e. The maximum absolute atomic E-state index is 11.8. The van der Waals surface area contributed by atoms with Gasteiger partial charge in [0.2, 0.25) is 0 Å². The van der Waals surface area contributed by atoms with Gasteiger partial charge in [-0.3, -0.25) is 0 Å². The lowest BCUT2D eigenvalue weighted by Crippen LogP contribution is -2.22. The monoisotopic (exact) mass is 351 g/mol. The molecule has 0 bridgehead atoms. The van der Waals surface area contributed by atoms with Gasteiger partial charge < -0.3 is 14.2 Å². The molecule has 3 rings (SSSR count). The van der Waals surface area contributed by atoms with Crippen LogP contribution in [0.2, 0.25) is 0 Å². The number of fused-ring (bicyclic) bond motifs is 1. The highest BCUT2D eigenvalue weighted by atomic mass is 79.9. The van der Waals surface area contributed by atoms with Crippen LogP contribution in [0.5, 0.6) is 0 Å². The second kappa shape index (κ2) is 6.09. The van der Waals surface area contributed by atoms with E-state index in [2.05, 4.69) is 20.9 Å². The van der Waals surface area contributed by atoms with Gasteiger partial charge in [0.25, 0.3) is 0 Å². The minimum absolute atomic E-state index is 0.207. The quantitative estimate of drug-likeness (QED) is 0.778. The molecule has 1 aliphatic heterocycles. The normalized spacial score (nSPS) is 18.7. The molecule has 1 aromatic heterocycles. The van der Waals surface area contributed by atoms with Crippen LogP contribution in [0.1, 0.15) is 22.2 Å². The predicted octanol–water partition coefficient (Wildman–Crippen LogP) is 2.87. The third kappa shape index (κ3) is 2.92. The van der Waals surface area contributed by atoms with Gasteiger partial charge in [-0.15, -0.1) is 0 Å². The van der Waals surface area contributed by atoms with E-state index >= 15 is 0 Å². The number of rotatable bonds is 2. The number of carbonyl (C=O) groups excluding carboxylic acids is 1. The van der Waals surface area contributed by atoms with Crippen molar-refractivity contribution >= 4 is 32.8 Å². The number of halogens is 1. The molecule has 1 aromatic carbocycles.